The van der Waals surface area contributed by atoms with Crippen molar-refractivity contribution >= 4 is 53.8 Å². The third-order valence-electron chi connectivity index (χ3n) is 16.0. The number of ether oxygens (including phenoxy) is 5. The summed E-state index contributed by atoms with van der Waals surface area (Å²) in [6.45, 7) is 12.0. The number of hydrogen-bond donors (Lipinski definition) is 1. The predicted molar refractivity (Wildman–Crippen MR) is 348 cm³/mol. The van der Waals surface area contributed by atoms with Crippen LogP contribution in [0.4, 0.5) is 13.6 Å². The Hall–Kier alpha value is -10.3. The molecular weight excluding hydrogens is 1170 g/mol. The molecule has 8 aromatic carbocycles. The second kappa shape index (κ2) is 27.6. The molecule has 0 aliphatic carbocycles. The summed E-state index contributed by atoms with van der Waals surface area (Å²) >= 11 is 0. The van der Waals surface area contributed by atoms with Crippen molar-refractivity contribution in [2.45, 2.75) is 84.0 Å². The maximum Gasteiger partial charge on any atom is 0.413 e. The summed E-state index contributed by atoms with van der Waals surface area (Å²) in [5, 5.41) is 3.87. The summed E-state index contributed by atoms with van der Waals surface area (Å²) in [5.74, 6) is -0.608. The van der Waals surface area contributed by atoms with E-state index in [0.29, 0.717) is 64.3 Å². The highest BCUT2D eigenvalue weighted by atomic mass is 28.3. The maximum atomic E-state index is 14.3. The van der Waals surface area contributed by atoms with Crippen molar-refractivity contribution in [3.8, 4) is 23.0 Å². The van der Waals surface area contributed by atoms with Gasteiger partial charge in [0.1, 0.15) is 52.4 Å². The Bertz CT molecular complexity index is 4160. The van der Waals surface area contributed by atoms with Gasteiger partial charge < -0.3 is 38.8 Å². The van der Waals surface area contributed by atoms with Gasteiger partial charge in [-0.3, -0.25) is 19.6 Å². The van der Waals surface area contributed by atoms with E-state index in [1.165, 1.54) is 31.4 Å². The van der Waals surface area contributed by atoms with Gasteiger partial charge in [-0.15, -0.1) is 0 Å². The van der Waals surface area contributed by atoms with Crippen LogP contribution in [0, 0.1) is 17.6 Å². The van der Waals surface area contributed by atoms with Gasteiger partial charge in [0.2, 0.25) is 0 Å². The Morgan fingerprint density at radius 1 is 0.538 bits per heavy atom. The Labute approximate surface area is 528 Å². The first kappa shape index (κ1) is 62.3. The van der Waals surface area contributed by atoms with Crippen molar-refractivity contribution in [3.63, 3.8) is 0 Å². The molecular formula is C74H69F2N5O9Si. The van der Waals surface area contributed by atoms with E-state index in [1.807, 2.05) is 133 Å². The minimum Gasteiger partial charge on any atom is -0.493 e. The average Bonchev–Trinajstić information content (AvgIpc) is 1.67. The van der Waals surface area contributed by atoms with Crippen LogP contribution >= 0.6 is 0 Å². The second-order valence-electron chi connectivity index (χ2n) is 24.0. The Kier molecular flexibility index (Phi) is 18.9. The molecule has 0 fully saturated rings. The van der Waals surface area contributed by atoms with E-state index in [4.69, 9.17) is 28.7 Å². The lowest BCUT2D eigenvalue weighted by molar-refractivity contribution is -0.144. The highest BCUT2D eigenvalue weighted by molar-refractivity contribution is 6.76. The van der Waals surface area contributed by atoms with E-state index >= 15 is 0 Å². The molecule has 0 radical (unpaired) electrons. The van der Waals surface area contributed by atoms with Crippen LogP contribution in [0.25, 0.3) is 21.8 Å². The van der Waals surface area contributed by atoms with E-state index in [0.717, 1.165) is 44.8 Å². The number of hydrogen-bond acceptors (Lipinski definition) is 11. The molecule has 3 amide bonds. The molecule has 10 aromatic rings. The van der Waals surface area contributed by atoms with Crippen LogP contribution in [0.5, 0.6) is 23.0 Å². The molecule has 14 nitrogen and oxygen atoms in total. The zero-order chi connectivity index (χ0) is 63.8. The van der Waals surface area contributed by atoms with Crippen LogP contribution in [0.2, 0.25) is 25.7 Å². The fourth-order valence-corrected chi connectivity index (χ4v) is 12.0. The lowest BCUT2D eigenvalue weighted by Crippen LogP contribution is -2.46. The Morgan fingerprint density at radius 2 is 0.934 bits per heavy atom. The van der Waals surface area contributed by atoms with Gasteiger partial charge in [0.25, 0.3) is 11.8 Å². The van der Waals surface area contributed by atoms with Gasteiger partial charge >= 0.3 is 12.1 Å². The zero-order valence-corrected chi connectivity index (χ0v) is 52.4. The number of nitrogens with one attached hydrogen (secondary N) is 1. The molecule has 0 saturated heterocycles. The third kappa shape index (κ3) is 14.1. The summed E-state index contributed by atoms with van der Waals surface area (Å²) in [6, 6.07) is 58.9. The molecule has 462 valence electrons. The summed E-state index contributed by atoms with van der Waals surface area (Å²) in [6.07, 6.45) is 1.34. The normalized spacial score (nSPS) is 13.0. The summed E-state index contributed by atoms with van der Waals surface area (Å²) in [4.78, 5) is 67.2. The molecule has 2 aliphatic rings. The Morgan fingerprint density at radius 3 is 1.32 bits per heavy atom. The number of halogens is 2. The van der Waals surface area contributed by atoms with E-state index in [1.54, 1.807) is 72.4 Å². The molecule has 91 heavy (non-hydrogen) atoms. The van der Waals surface area contributed by atoms with Crippen LogP contribution in [0.3, 0.4) is 0 Å². The quantitative estimate of drug-likeness (QED) is 0.0572. The van der Waals surface area contributed by atoms with Crippen LogP contribution in [-0.4, -0.2) is 71.5 Å². The summed E-state index contributed by atoms with van der Waals surface area (Å²) in [7, 11) is -0.123. The topological polar surface area (TPSA) is 159 Å². The van der Waals surface area contributed by atoms with Crippen LogP contribution in [0.1, 0.15) is 91.3 Å². The number of carbonyl (C=O) groups is 4. The highest BCUT2D eigenvalue weighted by Crippen LogP contribution is 2.49. The first-order chi connectivity index (χ1) is 44.0. The third-order valence-corrected chi connectivity index (χ3v) is 17.7. The molecule has 1 N–H and O–H groups in total. The molecule has 17 heteroatoms. The van der Waals surface area contributed by atoms with Gasteiger partial charge in [-0.25, -0.2) is 18.4 Å². The lowest BCUT2D eigenvalue weighted by Gasteiger charge is -2.24. The molecule has 0 spiro atoms. The minimum atomic E-state index is -1.37. The van der Waals surface area contributed by atoms with Gasteiger partial charge in [-0.05, 0) is 93.9 Å². The summed E-state index contributed by atoms with van der Waals surface area (Å²) < 4.78 is 58.5. The fourth-order valence-electron chi connectivity index (χ4n) is 11.3. The van der Waals surface area contributed by atoms with E-state index in [9.17, 15) is 28.0 Å². The van der Waals surface area contributed by atoms with E-state index < -0.39 is 38.4 Å². The van der Waals surface area contributed by atoms with Crippen molar-refractivity contribution in [3.05, 3.63) is 274 Å². The number of esters is 1. The first-order valence-corrected chi connectivity index (χ1v) is 33.9. The van der Waals surface area contributed by atoms with Crippen molar-refractivity contribution in [2.24, 2.45) is 5.92 Å². The van der Waals surface area contributed by atoms with Gasteiger partial charge in [-0.1, -0.05) is 179 Å². The largest absolute Gasteiger partial charge is 0.493 e. The van der Waals surface area contributed by atoms with Gasteiger partial charge in [0.05, 0.1) is 37.9 Å². The van der Waals surface area contributed by atoms with Crippen molar-refractivity contribution < 1.29 is 51.6 Å². The number of nitrogens with zero attached hydrogens (tertiary/aromatic N) is 4. The lowest BCUT2D eigenvalue weighted by atomic mass is 9.99. The molecule has 1 atom stereocenters. The molecule has 0 bridgehead atoms. The van der Waals surface area contributed by atoms with Crippen LogP contribution in [0.15, 0.2) is 207 Å². The fraction of sp³-hybridized carbons (Fsp3) is 0.216. The summed E-state index contributed by atoms with van der Waals surface area (Å²) in [5.41, 5.74) is 8.04. The standard InChI is InChI=1S/C38H34FN3O6.C36H35FN2O3Si/c1-23(2)31(37(44)46-3)41-38(45)48-34-28-15-10-20-40-32(28)35(47-33(25-11-6-4-7-12-25)26-13-8-5-9-14-26)30-29(34)22-42(36(30)43)21-24-16-18-27(39)19-17-24;1-43(2,3)22-21-41-34-29-15-10-20-38-32(29)35(42-33(26-11-6-4-7-12-26)27-13-8-5-9-14-27)31-30(34)24-39(36(31)40)23-25-16-18-28(37)19-17-25/h4-20,23,31,33H,21-22H2,1-3H3,(H,41,45);4-20,33H,21-24H2,1-3H3. The number of benzene rings is 8. The second-order valence-corrected chi connectivity index (χ2v) is 29.6. The van der Waals surface area contributed by atoms with Gasteiger partial charge in [-0.2, -0.15) is 0 Å². The van der Waals surface area contributed by atoms with Crippen molar-refractivity contribution in [1.29, 1.82) is 0 Å². The zero-order valence-electron chi connectivity index (χ0n) is 51.4. The Balaban J connectivity index is 0.000000188. The smallest absolute Gasteiger partial charge is 0.413 e. The maximum absolute atomic E-state index is 14.3. The van der Waals surface area contributed by atoms with E-state index in [-0.39, 0.29) is 59.5 Å². The van der Waals surface area contributed by atoms with Crippen LogP contribution < -0.4 is 24.3 Å². The van der Waals surface area contributed by atoms with Crippen molar-refractivity contribution in [1.82, 2.24) is 25.1 Å². The minimum absolute atomic E-state index is 0.0707. The highest BCUT2D eigenvalue weighted by Gasteiger charge is 2.40. The first-order valence-electron chi connectivity index (χ1n) is 30.2. The molecule has 12 rings (SSSR count). The number of methoxy groups -OCH3 is 1. The van der Waals surface area contributed by atoms with Gasteiger partial charge in [0, 0.05) is 55.5 Å². The number of carbonyl (C=O) groups excluding carboxylic acids is 4. The molecule has 1 unspecified atom stereocenters. The molecule has 4 heterocycles. The van der Waals surface area contributed by atoms with E-state index in [2.05, 4.69) is 29.9 Å². The van der Waals surface area contributed by atoms with Crippen molar-refractivity contribution in [2.75, 3.05) is 13.7 Å². The number of rotatable bonds is 20. The predicted octanol–water partition coefficient (Wildman–Crippen LogP) is 15.4. The average molecular weight is 1240 g/mol. The van der Waals surface area contributed by atoms with Crippen LogP contribution in [-0.2, 0) is 35.7 Å². The molecule has 2 aliphatic heterocycles. The number of amides is 3. The number of fused-ring (bicyclic) bond motifs is 4. The molecule has 0 saturated carbocycles. The number of pyridine rings is 2. The monoisotopic (exact) mass is 1240 g/mol. The number of aromatic nitrogens is 2. The molecule has 2 aromatic heterocycles. The SMILES string of the molecule is COC(=O)C(NC(=O)Oc1c2c(c(OC(c3ccccc3)c3ccccc3)c3ncccc13)C(=O)N(Cc1ccc(F)cc1)C2)C(C)C.C[Si](C)(C)CCOc1c2c(c(OC(c3ccccc3)c3ccccc3)c3ncccc13)C(=O)N(Cc1ccc(F)cc1)C2. The van der Waals surface area contributed by atoms with Gasteiger partial charge in [0.15, 0.2) is 11.5 Å².